The van der Waals surface area contributed by atoms with Crippen LogP contribution in [0.4, 0.5) is 0 Å². The molecular formula is C28H32O5. The van der Waals surface area contributed by atoms with Crippen LogP contribution in [0, 0.1) is 16.7 Å². The number of allylic oxidation sites excluding steroid dienone is 2. The van der Waals surface area contributed by atoms with Crippen LogP contribution < -0.4 is 4.74 Å². The zero-order chi connectivity index (χ0) is 24.1. The van der Waals surface area contributed by atoms with Crippen molar-refractivity contribution in [2.45, 2.75) is 59.3 Å². The number of fused-ring (bicyclic) bond motifs is 1. The van der Waals surface area contributed by atoms with Crippen molar-refractivity contribution in [2.75, 3.05) is 7.11 Å². The molecule has 33 heavy (non-hydrogen) atoms. The molecule has 1 fully saturated rings. The predicted molar refractivity (Wildman–Crippen MR) is 127 cm³/mol. The lowest BCUT2D eigenvalue weighted by molar-refractivity contribution is -0.140. The van der Waals surface area contributed by atoms with Gasteiger partial charge in [0.05, 0.1) is 13.0 Å². The number of Topliss-reactive ketones (excluding diaryl/α,β-unsaturated/α-hetero) is 3. The number of rotatable bonds is 4. The van der Waals surface area contributed by atoms with Crippen LogP contribution in [-0.4, -0.2) is 29.6 Å². The maximum absolute atomic E-state index is 13.5. The molecule has 2 aliphatic rings. The molecule has 0 saturated heterocycles. The third-order valence-electron chi connectivity index (χ3n) is 7.00. The Morgan fingerprint density at radius 2 is 1.48 bits per heavy atom. The molecule has 2 aliphatic carbocycles. The minimum atomic E-state index is -1.03. The quantitative estimate of drug-likeness (QED) is 0.606. The summed E-state index contributed by atoms with van der Waals surface area (Å²) >= 11 is 0. The first-order chi connectivity index (χ1) is 15.4. The summed E-state index contributed by atoms with van der Waals surface area (Å²) in [5.74, 6) is -2.02. The summed E-state index contributed by atoms with van der Waals surface area (Å²) in [4.78, 5) is 40.4. The summed E-state index contributed by atoms with van der Waals surface area (Å²) in [6, 6.07) is 11.4. The zero-order valence-corrected chi connectivity index (χ0v) is 20.0. The van der Waals surface area contributed by atoms with E-state index in [9.17, 15) is 19.5 Å². The predicted octanol–water partition coefficient (Wildman–Crippen LogP) is 5.71. The molecule has 2 aromatic rings. The second-order valence-corrected chi connectivity index (χ2v) is 11.1. The van der Waals surface area contributed by atoms with Crippen LogP contribution in [0.25, 0.3) is 10.8 Å². The number of methoxy groups -OCH3 is 1. The van der Waals surface area contributed by atoms with E-state index in [1.165, 1.54) is 0 Å². The van der Waals surface area contributed by atoms with Crippen LogP contribution >= 0.6 is 0 Å². The minimum absolute atomic E-state index is 0.0262. The van der Waals surface area contributed by atoms with E-state index in [1.54, 1.807) is 13.2 Å². The van der Waals surface area contributed by atoms with Crippen LogP contribution in [-0.2, 0) is 14.4 Å². The van der Waals surface area contributed by atoms with Crippen LogP contribution in [0.2, 0.25) is 0 Å². The number of carbonyl (C=O) groups is 3. The summed E-state index contributed by atoms with van der Waals surface area (Å²) in [5.41, 5.74) is 0.000210. The molecule has 2 aromatic carbocycles. The van der Waals surface area contributed by atoms with Crippen molar-refractivity contribution in [3.05, 3.63) is 53.3 Å². The molecule has 0 radical (unpaired) electrons. The largest absolute Gasteiger partial charge is 0.512 e. The van der Waals surface area contributed by atoms with E-state index < -0.39 is 17.3 Å². The SMILES string of the molecule is COc1ccc2ccccc2c1[C@H](C1=C(O)CC(C)(C)CC1=O)C1C(=O)CC(C)(C)CC1=O. The number of benzene rings is 2. The number of aliphatic hydroxyl groups excluding tert-OH is 1. The number of ether oxygens (including phenoxy) is 1. The van der Waals surface area contributed by atoms with E-state index in [1.807, 2.05) is 58.0 Å². The van der Waals surface area contributed by atoms with Gasteiger partial charge < -0.3 is 9.84 Å². The fourth-order valence-corrected chi connectivity index (χ4v) is 5.68. The third kappa shape index (κ3) is 4.21. The van der Waals surface area contributed by atoms with Crippen LogP contribution in [0.1, 0.15) is 64.9 Å². The smallest absolute Gasteiger partial charge is 0.163 e. The van der Waals surface area contributed by atoms with Gasteiger partial charge in [-0.2, -0.15) is 0 Å². The maximum Gasteiger partial charge on any atom is 0.163 e. The Hall–Kier alpha value is -2.95. The highest BCUT2D eigenvalue weighted by Crippen LogP contribution is 2.50. The van der Waals surface area contributed by atoms with Crippen molar-refractivity contribution in [3.8, 4) is 5.75 Å². The van der Waals surface area contributed by atoms with Crippen molar-refractivity contribution >= 4 is 28.1 Å². The number of hydrogen-bond donors (Lipinski definition) is 1. The fourth-order valence-electron chi connectivity index (χ4n) is 5.68. The van der Waals surface area contributed by atoms with Crippen molar-refractivity contribution in [1.29, 1.82) is 0 Å². The molecule has 0 amide bonds. The Morgan fingerprint density at radius 1 is 0.879 bits per heavy atom. The highest BCUT2D eigenvalue weighted by Gasteiger charge is 2.49. The lowest BCUT2D eigenvalue weighted by Crippen LogP contribution is -2.43. The summed E-state index contributed by atoms with van der Waals surface area (Å²) in [6.45, 7) is 7.70. The number of carbonyl (C=O) groups excluding carboxylic acids is 3. The lowest BCUT2D eigenvalue weighted by Gasteiger charge is -2.39. The monoisotopic (exact) mass is 448 g/mol. The van der Waals surface area contributed by atoms with Gasteiger partial charge in [-0.3, -0.25) is 14.4 Å². The van der Waals surface area contributed by atoms with Gasteiger partial charge in [0.1, 0.15) is 23.1 Å². The third-order valence-corrected chi connectivity index (χ3v) is 7.00. The Morgan fingerprint density at radius 3 is 2.09 bits per heavy atom. The Balaban J connectivity index is 2.03. The van der Waals surface area contributed by atoms with Gasteiger partial charge in [-0.1, -0.05) is 58.0 Å². The molecule has 5 nitrogen and oxygen atoms in total. The molecule has 1 N–H and O–H groups in total. The molecule has 0 unspecified atom stereocenters. The molecular weight excluding hydrogens is 416 g/mol. The van der Waals surface area contributed by atoms with Crippen molar-refractivity contribution in [2.24, 2.45) is 16.7 Å². The van der Waals surface area contributed by atoms with E-state index in [2.05, 4.69) is 0 Å². The zero-order valence-electron chi connectivity index (χ0n) is 20.0. The molecule has 0 aromatic heterocycles. The highest BCUT2D eigenvalue weighted by atomic mass is 16.5. The summed E-state index contributed by atoms with van der Waals surface area (Å²) < 4.78 is 5.70. The Kier molecular flexibility index (Phi) is 5.71. The van der Waals surface area contributed by atoms with Crippen molar-refractivity contribution < 1.29 is 24.2 Å². The highest BCUT2D eigenvalue weighted by molar-refractivity contribution is 6.10. The molecule has 0 spiro atoms. The fraction of sp³-hybridized carbons (Fsp3) is 0.464. The van der Waals surface area contributed by atoms with Gasteiger partial charge in [0.25, 0.3) is 0 Å². The molecule has 1 saturated carbocycles. The number of ketones is 3. The van der Waals surface area contributed by atoms with Gasteiger partial charge in [-0.25, -0.2) is 0 Å². The number of aliphatic hydroxyl groups is 1. The molecule has 174 valence electrons. The minimum Gasteiger partial charge on any atom is -0.512 e. The van der Waals surface area contributed by atoms with Gasteiger partial charge in [0.2, 0.25) is 0 Å². The van der Waals surface area contributed by atoms with Crippen LogP contribution in [0.3, 0.4) is 0 Å². The van der Waals surface area contributed by atoms with Gasteiger partial charge in [-0.15, -0.1) is 0 Å². The molecule has 0 bridgehead atoms. The molecule has 0 heterocycles. The van der Waals surface area contributed by atoms with E-state index in [4.69, 9.17) is 4.74 Å². The van der Waals surface area contributed by atoms with Crippen LogP contribution in [0.5, 0.6) is 5.75 Å². The molecule has 5 heteroatoms. The molecule has 4 rings (SSSR count). The van der Waals surface area contributed by atoms with E-state index in [0.717, 1.165) is 10.8 Å². The average molecular weight is 449 g/mol. The molecule has 0 aliphatic heterocycles. The van der Waals surface area contributed by atoms with Gasteiger partial charge in [0.15, 0.2) is 5.78 Å². The topological polar surface area (TPSA) is 80.7 Å². The lowest BCUT2D eigenvalue weighted by atomic mass is 9.62. The Bertz CT molecular complexity index is 1160. The van der Waals surface area contributed by atoms with Crippen molar-refractivity contribution in [3.63, 3.8) is 0 Å². The van der Waals surface area contributed by atoms with Crippen molar-refractivity contribution in [1.82, 2.24) is 0 Å². The van der Waals surface area contributed by atoms with Gasteiger partial charge >= 0.3 is 0 Å². The first-order valence-corrected chi connectivity index (χ1v) is 11.5. The first kappa shape index (κ1) is 23.2. The van der Waals surface area contributed by atoms with E-state index >= 15 is 0 Å². The summed E-state index contributed by atoms with van der Waals surface area (Å²) in [5, 5.41) is 12.9. The van der Waals surface area contributed by atoms with E-state index in [-0.39, 0.29) is 53.4 Å². The Labute approximate surface area is 194 Å². The summed E-state index contributed by atoms with van der Waals surface area (Å²) in [7, 11) is 1.54. The maximum atomic E-state index is 13.5. The van der Waals surface area contributed by atoms with E-state index in [0.29, 0.717) is 17.7 Å². The standard InChI is InChI=1S/C28H32O5/c1-27(2)12-18(29)24(19(30)13-27)26(25-20(31)14-28(3,4)15-21(25)32)23-17-9-7-6-8-16(17)10-11-22(23)33-5/h6-11,24,26,31H,12-15H2,1-5H3/t26-/m0/s1. The molecule has 1 atom stereocenters. The summed E-state index contributed by atoms with van der Waals surface area (Å²) in [6.07, 6.45) is 1.07. The van der Waals surface area contributed by atoms with Crippen LogP contribution in [0.15, 0.2) is 47.7 Å². The normalized spacial score (nSPS) is 22.0. The second kappa shape index (κ2) is 8.12. The van der Waals surface area contributed by atoms with Gasteiger partial charge in [-0.05, 0) is 27.7 Å². The first-order valence-electron chi connectivity index (χ1n) is 11.5. The van der Waals surface area contributed by atoms with Gasteiger partial charge in [0, 0.05) is 42.7 Å². The second-order valence-electron chi connectivity index (χ2n) is 11.1. The average Bonchev–Trinajstić information content (AvgIpc) is 2.69. The number of hydrogen-bond acceptors (Lipinski definition) is 5.